The number of benzene rings is 1. The van der Waals surface area contributed by atoms with Crippen LogP contribution in [0.1, 0.15) is 50.4 Å². The summed E-state index contributed by atoms with van der Waals surface area (Å²) in [5, 5.41) is 4.63. The minimum absolute atomic E-state index is 0.127. The normalized spacial score (nSPS) is 23.0. The number of aromatic nitrogens is 3. The smallest absolute Gasteiger partial charge is 0.342 e. The van der Waals surface area contributed by atoms with E-state index in [1.807, 2.05) is 41.3 Å². The quantitative estimate of drug-likeness (QED) is 0.526. The molecule has 0 N–H and O–H groups in total. The van der Waals surface area contributed by atoms with E-state index >= 15 is 0 Å². The second kappa shape index (κ2) is 8.38. The van der Waals surface area contributed by atoms with Crippen LogP contribution in [0.2, 0.25) is 0 Å². The van der Waals surface area contributed by atoms with E-state index < -0.39 is 5.97 Å². The Bertz CT molecular complexity index is 1210. The van der Waals surface area contributed by atoms with Crippen molar-refractivity contribution in [3.05, 3.63) is 66.6 Å². The number of carbonyl (C=O) groups is 2. The molecular weight excluding hydrogens is 428 g/mol. The largest absolute Gasteiger partial charge is 0.452 e. The summed E-state index contributed by atoms with van der Waals surface area (Å²) < 4.78 is 7.19. The molecule has 1 aliphatic carbocycles. The molecule has 7 nitrogen and oxygen atoms in total. The lowest BCUT2D eigenvalue weighted by Gasteiger charge is -2.39. The average molecular weight is 459 g/mol. The number of para-hydroxylation sites is 1. The third-order valence-electron chi connectivity index (χ3n) is 6.95. The number of pyridine rings is 1. The van der Waals surface area contributed by atoms with Crippen LogP contribution in [-0.4, -0.2) is 50.7 Å². The van der Waals surface area contributed by atoms with Crippen LogP contribution in [0, 0.1) is 10.8 Å². The van der Waals surface area contributed by atoms with Gasteiger partial charge in [0, 0.05) is 36.7 Å². The van der Waals surface area contributed by atoms with Crippen molar-refractivity contribution in [2.75, 3.05) is 13.2 Å². The molecule has 1 aliphatic heterocycles. The number of ether oxygens (including phenoxy) is 1. The van der Waals surface area contributed by atoms with Gasteiger partial charge in [0.2, 0.25) is 0 Å². The molecule has 0 radical (unpaired) electrons. The van der Waals surface area contributed by atoms with Gasteiger partial charge in [0.1, 0.15) is 11.3 Å². The highest BCUT2D eigenvalue weighted by Gasteiger charge is 2.51. The van der Waals surface area contributed by atoms with Gasteiger partial charge in [-0.05, 0) is 54.4 Å². The summed E-state index contributed by atoms with van der Waals surface area (Å²) in [6.07, 6.45) is 8.08. The van der Waals surface area contributed by atoms with Crippen LogP contribution < -0.4 is 0 Å². The summed E-state index contributed by atoms with van der Waals surface area (Å²) in [5.74, 6) is -0.693. The number of likely N-dealkylation sites (tertiary alicyclic amines) is 1. The van der Waals surface area contributed by atoms with Crippen molar-refractivity contribution in [3.63, 3.8) is 0 Å². The zero-order valence-electron chi connectivity index (χ0n) is 19.9. The van der Waals surface area contributed by atoms with Gasteiger partial charge < -0.3 is 9.64 Å². The van der Waals surface area contributed by atoms with Gasteiger partial charge in [0.25, 0.3) is 5.91 Å². The molecule has 3 aromatic rings. The maximum atomic E-state index is 13.1. The third kappa shape index (κ3) is 4.34. The molecular formula is C27H30N4O3. The number of nitrogens with zero attached hydrogens (tertiary/aromatic N) is 4. The first-order valence-electron chi connectivity index (χ1n) is 11.8. The van der Waals surface area contributed by atoms with Gasteiger partial charge in [-0.15, -0.1) is 0 Å². The van der Waals surface area contributed by atoms with Crippen LogP contribution in [0.4, 0.5) is 0 Å². The zero-order valence-corrected chi connectivity index (χ0v) is 19.9. The Kier molecular flexibility index (Phi) is 5.50. The zero-order chi connectivity index (χ0) is 23.9. The predicted octanol–water partition coefficient (Wildman–Crippen LogP) is 4.52. The number of hydrogen-bond donors (Lipinski definition) is 0. The molecule has 2 fully saturated rings. The molecule has 1 saturated carbocycles. The fourth-order valence-corrected chi connectivity index (χ4v) is 5.99. The molecule has 176 valence electrons. The molecule has 2 unspecified atom stereocenters. The van der Waals surface area contributed by atoms with Crippen molar-refractivity contribution >= 4 is 11.9 Å². The van der Waals surface area contributed by atoms with E-state index in [9.17, 15) is 9.59 Å². The van der Waals surface area contributed by atoms with E-state index in [4.69, 9.17) is 4.74 Å². The van der Waals surface area contributed by atoms with Crippen LogP contribution >= 0.6 is 0 Å². The first-order valence-corrected chi connectivity index (χ1v) is 11.8. The number of carbonyl (C=O) groups excluding carboxylic acids is 2. The second-order valence-corrected chi connectivity index (χ2v) is 10.7. The van der Waals surface area contributed by atoms with Crippen LogP contribution in [0.3, 0.4) is 0 Å². The second-order valence-electron chi connectivity index (χ2n) is 10.7. The fraction of sp³-hybridized carbons (Fsp3) is 0.407. The summed E-state index contributed by atoms with van der Waals surface area (Å²) >= 11 is 0. The molecule has 0 spiro atoms. The van der Waals surface area contributed by atoms with Gasteiger partial charge in [0.15, 0.2) is 6.61 Å². The molecule has 2 aromatic heterocycles. The van der Waals surface area contributed by atoms with Crippen molar-refractivity contribution in [1.82, 2.24) is 19.7 Å². The number of fused-ring (bicyclic) bond motifs is 2. The third-order valence-corrected chi connectivity index (χ3v) is 6.95. The standard InChI is InChI=1S/C27H30N4O3/c1-26(2)12-21-13-27(3,17-26)18-30(21)23(32)16-34-25(33)22-15-31(20-9-5-4-6-10-20)29-24(22)19-8-7-11-28-14-19/h4-11,14-15,21H,12-13,16-18H2,1-3H3. The van der Waals surface area contributed by atoms with E-state index in [-0.39, 0.29) is 29.4 Å². The summed E-state index contributed by atoms with van der Waals surface area (Å²) in [4.78, 5) is 32.3. The minimum Gasteiger partial charge on any atom is -0.452 e. The van der Waals surface area contributed by atoms with Gasteiger partial charge >= 0.3 is 5.97 Å². The molecule has 5 rings (SSSR count). The average Bonchev–Trinajstić information content (AvgIpc) is 3.36. The topological polar surface area (TPSA) is 77.3 Å². The van der Waals surface area contributed by atoms with Crippen molar-refractivity contribution in [2.24, 2.45) is 10.8 Å². The van der Waals surface area contributed by atoms with E-state index in [2.05, 4.69) is 30.9 Å². The van der Waals surface area contributed by atoms with Crippen LogP contribution in [-0.2, 0) is 9.53 Å². The molecule has 1 aromatic carbocycles. The van der Waals surface area contributed by atoms with E-state index in [1.54, 1.807) is 29.3 Å². The maximum Gasteiger partial charge on any atom is 0.342 e. The molecule has 2 atom stereocenters. The van der Waals surface area contributed by atoms with Crippen molar-refractivity contribution in [1.29, 1.82) is 0 Å². The lowest BCUT2D eigenvalue weighted by Crippen LogP contribution is -2.39. The molecule has 1 saturated heterocycles. The highest BCUT2D eigenvalue weighted by molar-refractivity contribution is 5.97. The first-order chi connectivity index (χ1) is 16.2. The predicted molar refractivity (Wildman–Crippen MR) is 128 cm³/mol. The molecule has 1 amide bonds. The van der Waals surface area contributed by atoms with Gasteiger partial charge in [-0.3, -0.25) is 9.78 Å². The molecule has 34 heavy (non-hydrogen) atoms. The van der Waals surface area contributed by atoms with Gasteiger partial charge in [-0.25, -0.2) is 9.48 Å². The maximum absolute atomic E-state index is 13.1. The molecule has 2 aliphatic rings. The number of hydrogen-bond acceptors (Lipinski definition) is 5. The van der Waals surface area contributed by atoms with E-state index in [1.165, 1.54) is 0 Å². The van der Waals surface area contributed by atoms with Crippen LogP contribution in [0.15, 0.2) is 61.1 Å². The molecule has 7 heteroatoms. The lowest BCUT2D eigenvalue weighted by molar-refractivity contribution is -0.135. The van der Waals surface area contributed by atoms with Gasteiger partial charge in [0.05, 0.1) is 5.69 Å². The van der Waals surface area contributed by atoms with Crippen LogP contribution in [0.25, 0.3) is 16.9 Å². The Morgan fingerprint density at radius 3 is 2.62 bits per heavy atom. The SMILES string of the molecule is CC1(C)CC2CC(C)(CN2C(=O)COC(=O)c2cn(-c3ccccc3)nc2-c2cccnc2)C1. The molecule has 2 bridgehead atoms. The Morgan fingerprint density at radius 1 is 1.09 bits per heavy atom. The number of rotatable bonds is 5. The highest BCUT2D eigenvalue weighted by Crippen LogP contribution is 2.52. The Labute approximate surface area is 199 Å². The van der Waals surface area contributed by atoms with Gasteiger partial charge in [-0.1, -0.05) is 39.0 Å². The fourth-order valence-electron chi connectivity index (χ4n) is 5.99. The van der Waals surface area contributed by atoms with E-state index in [0.29, 0.717) is 16.8 Å². The summed E-state index contributed by atoms with van der Waals surface area (Å²) in [6, 6.07) is 13.4. The number of esters is 1. The number of amides is 1. The lowest BCUT2D eigenvalue weighted by atomic mass is 9.65. The summed E-state index contributed by atoms with van der Waals surface area (Å²) in [5.41, 5.74) is 2.66. The van der Waals surface area contributed by atoms with Gasteiger partial charge in [-0.2, -0.15) is 5.10 Å². The first kappa shape index (κ1) is 22.3. The highest BCUT2D eigenvalue weighted by atomic mass is 16.5. The Morgan fingerprint density at radius 2 is 1.88 bits per heavy atom. The van der Waals surface area contributed by atoms with Crippen molar-refractivity contribution in [3.8, 4) is 16.9 Å². The van der Waals surface area contributed by atoms with Crippen molar-refractivity contribution in [2.45, 2.75) is 46.1 Å². The summed E-state index contributed by atoms with van der Waals surface area (Å²) in [7, 11) is 0. The molecule has 3 heterocycles. The Hall–Kier alpha value is -3.48. The summed E-state index contributed by atoms with van der Waals surface area (Å²) in [6.45, 7) is 7.27. The van der Waals surface area contributed by atoms with E-state index in [0.717, 1.165) is 31.5 Å². The van der Waals surface area contributed by atoms with Crippen LogP contribution in [0.5, 0.6) is 0 Å². The van der Waals surface area contributed by atoms with Crippen molar-refractivity contribution < 1.29 is 14.3 Å². The minimum atomic E-state index is -0.567. The Balaban J connectivity index is 1.35. The monoisotopic (exact) mass is 458 g/mol.